The lowest BCUT2D eigenvalue weighted by Crippen LogP contribution is -2.43. The van der Waals surface area contributed by atoms with Gasteiger partial charge in [-0.2, -0.15) is 0 Å². The Kier molecular flexibility index (Phi) is 5.65. The highest BCUT2D eigenvalue weighted by Crippen LogP contribution is 2.22. The maximum atomic E-state index is 11.7. The fourth-order valence-electron chi connectivity index (χ4n) is 2.06. The van der Waals surface area contributed by atoms with E-state index in [0.29, 0.717) is 6.54 Å². The molecule has 1 amide bonds. The van der Waals surface area contributed by atoms with Crippen LogP contribution < -0.4 is 11.1 Å². The predicted molar refractivity (Wildman–Crippen MR) is 59.3 cm³/mol. The molecule has 0 bridgehead atoms. The fourth-order valence-corrected chi connectivity index (χ4v) is 2.06. The summed E-state index contributed by atoms with van der Waals surface area (Å²) >= 11 is 0. The third-order valence-corrected chi connectivity index (χ3v) is 3.04. The van der Waals surface area contributed by atoms with Crippen LogP contribution >= 0.6 is 0 Å². The van der Waals surface area contributed by atoms with Gasteiger partial charge < -0.3 is 16.2 Å². The third-order valence-electron chi connectivity index (χ3n) is 3.04. The molecule has 2 unspecified atom stereocenters. The highest BCUT2D eigenvalue weighted by atomic mass is 16.2. The lowest BCUT2D eigenvalue weighted by molar-refractivity contribution is -0.126. The minimum Gasteiger partial charge on any atom is -0.396 e. The standard InChI is InChI=1S/C11H22N2O2/c12-10-6-2-1-5-9(10)11(15)13-7-3-4-8-14/h9-10,14H,1-8,12H2,(H,13,15). The van der Waals surface area contributed by atoms with Crippen LogP contribution in [-0.4, -0.2) is 30.2 Å². The first-order valence-electron chi connectivity index (χ1n) is 5.90. The molecule has 1 fully saturated rings. The number of nitrogens with one attached hydrogen (secondary N) is 1. The van der Waals surface area contributed by atoms with Gasteiger partial charge in [-0.1, -0.05) is 12.8 Å². The summed E-state index contributed by atoms with van der Waals surface area (Å²) in [4.78, 5) is 11.7. The van der Waals surface area contributed by atoms with Gasteiger partial charge in [0.25, 0.3) is 0 Å². The average Bonchev–Trinajstić information content (AvgIpc) is 2.25. The van der Waals surface area contributed by atoms with Crippen molar-refractivity contribution in [2.24, 2.45) is 11.7 Å². The molecule has 4 N–H and O–H groups in total. The first-order chi connectivity index (χ1) is 7.25. The Bertz CT molecular complexity index is 197. The zero-order valence-electron chi connectivity index (χ0n) is 9.24. The van der Waals surface area contributed by atoms with Crippen LogP contribution in [0.3, 0.4) is 0 Å². The quantitative estimate of drug-likeness (QED) is 0.580. The van der Waals surface area contributed by atoms with Crippen LogP contribution in [0.1, 0.15) is 38.5 Å². The van der Waals surface area contributed by atoms with E-state index >= 15 is 0 Å². The zero-order chi connectivity index (χ0) is 11.1. The molecule has 0 saturated heterocycles. The van der Waals surface area contributed by atoms with Gasteiger partial charge >= 0.3 is 0 Å². The number of aliphatic hydroxyl groups is 1. The number of rotatable bonds is 5. The summed E-state index contributed by atoms with van der Waals surface area (Å²) in [5, 5.41) is 11.5. The van der Waals surface area contributed by atoms with Crippen LogP contribution in [0.15, 0.2) is 0 Å². The zero-order valence-corrected chi connectivity index (χ0v) is 9.24. The Morgan fingerprint density at radius 1 is 1.33 bits per heavy atom. The Labute approximate surface area is 91.2 Å². The predicted octanol–water partition coefficient (Wildman–Crippen LogP) is 0.393. The molecule has 0 heterocycles. The summed E-state index contributed by atoms with van der Waals surface area (Å²) < 4.78 is 0. The van der Waals surface area contributed by atoms with Crippen LogP contribution in [0.2, 0.25) is 0 Å². The molecule has 1 aliphatic rings. The van der Waals surface area contributed by atoms with E-state index in [1.807, 2.05) is 0 Å². The van der Waals surface area contributed by atoms with Crippen molar-refractivity contribution < 1.29 is 9.90 Å². The first kappa shape index (κ1) is 12.5. The van der Waals surface area contributed by atoms with Crippen molar-refractivity contribution in [1.29, 1.82) is 0 Å². The van der Waals surface area contributed by atoms with E-state index in [2.05, 4.69) is 5.32 Å². The van der Waals surface area contributed by atoms with E-state index in [1.165, 1.54) is 0 Å². The maximum Gasteiger partial charge on any atom is 0.224 e. The molecule has 15 heavy (non-hydrogen) atoms. The van der Waals surface area contributed by atoms with E-state index in [1.54, 1.807) is 0 Å². The van der Waals surface area contributed by atoms with E-state index in [0.717, 1.165) is 38.5 Å². The van der Waals surface area contributed by atoms with Gasteiger partial charge in [-0.05, 0) is 25.7 Å². The van der Waals surface area contributed by atoms with E-state index in [4.69, 9.17) is 10.8 Å². The molecule has 2 atom stereocenters. The van der Waals surface area contributed by atoms with Crippen LogP contribution in [0.4, 0.5) is 0 Å². The SMILES string of the molecule is NC1CCCCC1C(=O)NCCCCO. The number of nitrogens with two attached hydrogens (primary N) is 1. The second-order valence-corrected chi connectivity index (χ2v) is 4.28. The highest BCUT2D eigenvalue weighted by molar-refractivity contribution is 5.79. The molecule has 0 radical (unpaired) electrons. The molecule has 4 heteroatoms. The highest BCUT2D eigenvalue weighted by Gasteiger charge is 2.27. The molecule has 1 rings (SSSR count). The third kappa shape index (κ3) is 4.18. The summed E-state index contributed by atoms with van der Waals surface area (Å²) in [5.74, 6) is 0.105. The number of hydrogen-bond donors (Lipinski definition) is 3. The molecule has 0 aromatic rings. The average molecular weight is 214 g/mol. The second kappa shape index (κ2) is 6.80. The Morgan fingerprint density at radius 2 is 2.07 bits per heavy atom. The Hall–Kier alpha value is -0.610. The van der Waals surface area contributed by atoms with Gasteiger partial charge in [0.05, 0.1) is 5.92 Å². The summed E-state index contributed by atoms with van der Waals surface area (Å²) in [5.41, 5.74) is 5.91. The Balaban J connectivity index is 2.20. The van der Waals surface area contributed by atoms with E-state index in [-0.39, 0.29) is 24.5 Å². The molecule has 4 nitrogen and oxygen atoms in total. The second-order valence-electron chi connectivity index (χ2n) is 4.28. The van der Waals surface area contributed by atoms with Crippen molar-refractivity contribution in [1.82, 2.24) is 5.32 Å². The van der Waals surface area contributed by atoms with Crippen LogP contribution in [0.25, 0.3) is 0 Å². The van der Waals surface area contributed by atoms with Gasteiger partial charge in [0, 0.05) is 19.2 Å². The summed E-state index contributed by atoms with van der Waals surface area (Å²) in [6.07, 6.45) is 5.74. The van der Waals surface area contributed by atoms with Gasteiger partial charge in [0.1, 0.15) is 0 Å². The molecular weight excluding hydrogens is 192 g/mol. The van der Waals surface area contributed by atoms with Gasteiger partial charge in [0.15, 0.2) is 0 Å². The van der Waals surface area contributed by atoms with E-state index < -0.39 is 0 Å². The summed E-state index contributed by atoms with van der Waals surface area (Å²) in [6.45, 7) is 0.849. The largest absolute Gasteiger partial charge is 0.396 e. The molecule has 0 spiro atoms. The molecule has 1 saturated carbocycles. The minimum absolute atomic E-state index is 0.00729. The number of carbonyl (C=O) groups excluding carboxylic acids is 1. The van der Waals surface area contributed by atoms with Gasteiger partial charge in [-0.15, -0.1) is 0 Å². The van der Waals surface area contributed by atoms with Crippen LogP contribution in [0, 0.1) is 5.92 Å². The summed E-state index contributed by atoms with van der Waals surface area (Å²) in [6, 6.07) is 0.0385. The molecule has 0 aromatic carbocycles. The number of carbonyl (C=O) groups is 1. The van der Waals surface area contributed by atoms with Gasteiger partial charge in [0.2, 0.25) is 5.91 Å². The smallest absolute Gasteiger partial charge is 0.224 e. The van der Waals surface area contributed by atoms with Crippen molar-refractivity contribution in [3.05, 3.63) is 0 Å². The fraction of sp³-hybridized carbons (Fsp3) is 0.909. The van der Waals surface area contributed by atoms with Gasteiger partial charge in [-0.25, -0.2) is 0 Å². The maximum absolute atomic E-state index is 11.7. The van der Waals surface area contributed by atoms with Crippen molar-refractivity contribution >= 4 is 5.91 Å². The van der Waals surface area contributed by atoms with Crippen molar-refractivity contribution in [2.75, 3.05) is 13.2 Å². The monoisotopic (exact) mass is 214 g/mol. The number of hydrogen-bond acceptors (Lipinski definition) is 3. The van der Waals surface area contributed by atoms with Crippen molar-refractivity contribution in [2.45, 2.75) is 44.6 Å². The molecular formula is C11H22N2O2. The van der Waals surface area contributed by atoms with Crippen LogP contribution in [0.5, 0.6) is 0 Å². The molecule has 88 valence electrons. The van der Waals surface area contributed by atoms with Crippen molar-refractivity contribution in [3.8, 4) is 0 Å². The van der Waals surface area contributed by atoms with Gasteiger partial charge in [-0.3, -0.25) is 4.79 Å². The Morgan fingerprint density at radius 3 is 2.73 bits per heavy atom. The van der Waals surface area contributed by atoms with Crippen LogP contribution in [-0.2, 0) is 4.79 Å². The first-order valence-corrected chi connectivity index (χ1v) is 5.90. The number of aliphatic hydroxyl groups excluding tert-OH is 1. The summed E-state index contributed by atoms with van der Waals surface area (Å²) in [7, 11) is 0. The molecule has 1 aliphatic carbocycles. The lowest BCUT2D eigenvalue weighted by Gasteiger charge is -2.27. The van der Waals surface area contributed by atoms with E-state index in [9.17, 15) is 4.79 Å². The minimum atomic E-state index is 0.00729. The molecule has 0 aliphatic heterocycles. The lowest BCUT2D eigenvalue weighted by atomic mass is 9.84. The van der Waals surface area contributed by atoms with Crippen molar-refractivity contribution in [3.63, 3.8) is 0 Å². The molecule has 0 aromatic heterocycles. The normalized spacial score (nSPS) is 26.3. The number of amides is 1. The number of unbranched alkanes of at least 4 members (excludes halogenated alkanes) is 1. The topological polar surface area (TPSA) is 75.4 Å².